The third-order valence-electron chi connectivity index (χ3n) is 3.27. The molecule has 1 aliphatic heterocycles. The van der Waals surface area contributed by atoms with Crippen LogP contribution in [0.25, 0.3) is 11.2 Å². The van der Waals surface area contributed by atoms with Gasteiger partial charge in [0.25, 0.3) is 0 Å². The second-order valence-corrected chi connectivity index (χ2v) is 4.55. The van der Waals surface area contributed by atoms with E-state index in [0.29, 0.717) is 17.8 Å². The molecule has 0 amide bonds. The second-order valence-electron chi connectivity index (χ2n) is 4.55. The molecule has 1 fully saturated rings. The summed E-state index contributed by atoms with van der Waals surface area (Å²) in [5, 5.41) is 36.7. The molecule has 4 atom stereocenters. The molecule has 10 heteroatoms. The summed E-state index contributed by atoms with van der Waals surface area (Å²) in [7, 11) is 0. The number of hydrogen-bond acceptors (Lipinski definition) is 9. The Hall–Kier alpha value is -1.88. The molecular weight excluding hydrogens is 282 g/mol. The number of aliphatic hydroxyl groups is 3. The molecule has 0 aromatic carbocycles. The predicted molar refractivity (Wildman–Crippen MR) is 67.3 cm³/mol. The Morgan fingerprint density at radius 3 is 2.81 bits per heavy atom. The van der Waals surface area contributed by atoms with Crippen LogP contribution in [0.2, 0.25) is 0 Å². The normalized spacial score (nSPS) is 29.1. The summed E-state index contributed by atoms with van der Waals surface area (Å²) in [5.41, 5.74) is 0.639. The van der Waals surface area contributed by atoms with E-state index in [1.54, 1.807) is 0 Å². The smallest absolute Gasteiger partial charge is 0.247 e. The molecule has 0 bridgehead atoms. The molecule has 4 unspecified atom stereocenters. The van der Waals surface area contributed by atoms with Crippen LogP contribution in [0.4, 0.5) is 0 Å². The van der Waals surface area contributed by atoms with E-state index in [1.807, 2.05) is 6.92 Å². The van der Waals surface area contributed by atoms with Gasteiger partial charge in [-0.05, 0) is 6.92 Å². The summed E-state index contributed by atoms with van der Waals surface area (Å²) < 4.78 is 12.0. The fourth-order valence-electron chi connectivity index (χ4n) is 2.24. The van der Waals surface area contributed by atoms with Crippen LogP contribution in [0, 0.1) is 0 Å². The van der Waals surface area contributed by atoms with Crippen molar-refractivity contribution in [1.29, 1.82) is 0 Å². The molecule has 0 aliphatic carbocycles. The van der Waals surface area contributed by atoms with Crippen molar-refractivity contribution in [2.45, 2.75) is 31.5 Å². The minimum Gasteiger partial charge on any atom is -0.476 e. The summed E-state index contributed by atoms with van der Waals surface area (Å²) in [5.74, 6) is 0.278. The largest absolute Gasteiger partial charge is 0.476 e. The van der Waals surface area contributed by atoms with Gasteiger partial charge in [0.15, 0.2) is 17.4 Å². The first kappa shape index (κ1) is 14.1. The van der Waals surface area contributed by atoms with E-state index in [2.05, 4.69) is 20.3 Å². The molecule has 3 heterocycles. The maximum atomic E-state index is 10.0. The monoisotopic (exact) mass is 297 g/mol. The van der Waals surface area contributed by atoms with Gasteiger partial charge < -0.3 is 24.8 Å². The van der Waals surface area contributed by atoms with Gasteiger partial charge in [-0.2, -0.15) is 9.67 Å². The van der Waals surface area contributed by atoms with Gasteiger partial charge in [0.05, 0.1) is 13.2 Å². The Kier molecular flexibility index (Phi) is 3.68. The second kappa shape index (κ2) is 5.48. The molecule has 3 rings (SSSR count). The van der Waals surface area contributed by atoms with Gasteiger partial charge in [-0.25, -0.2) is 4.98 Å². The Morgan fingerprint density at radius 1 is 1.33 bits per heavy atom. The van der Waals surface area contributed by atoms with Gasteiger partial charge in [0.1, 0.15) is 24.6 Å². The number of aromatic nitrogens is 5. The van der Waals surface area contributed by atoms with E-state index in [4.69, 9.17) is 14.6 Å². The van der Waals surface area contributed by atoms with E-state index >= 15 is 0 Å². The third kappa shape index (κ3) is 2.21. The average Bonchev–Trinajstić information content (AvgIpc) is 3.03. The molecule has 2 aromatic rings. The minimum atomic E-state index is -1.25. The summed E-state index contributed by atoms with van der Waals surface area (Å²) in [6, 6.07) is 0. The van der Waals surface area contributed by atoms with Crippen LogP contribution in [-0.2, 0) is 4.74 Å². The lowest BCUT2D eigenvalue weighted by Crippen LogP contribution is -2.33. The molecule has 3 N–H and O–H groups in total. The van der Waals surface area contributed by atoms with Gasteiger partial charge in [-0.1, -0.05) is 5.21 Å². The molecule has 0 spiro atoms. The molecule has 0 saturated carbocycles. The van der Waals surface area contributed by atoms with Crippen molar-refractivity contribution in [3.8, 4) is 5.88 Å². The Morgan fingerprint density at radius 2 is 2.14 bits per heavy atom. The fourth-order valence-corrected chi connectivity index (χ4v) is 2.24. The highest BCUT2D eigenvalue weighted by molar-refractivity contribution is 5.74. The van der Waals surface area contributed by atoms with Crippen molar-refractivity contribution < 1.29 is 24.8 Å². The fraction of sp³-hybridized carbons (Fsp3) is 0.636. The number of fused-ring (bicyclic) bond motifs is 1. The van der Waals surface area contributed by atoms with Gasteiger partial charge in [-0.15, -0.1) is 5.10 Å². The van der Waals surface area contributed by atoms with Crippen LogP contribution in [0.3, 0.4) is 0 Å². The van der Waals surface area contributed by atoms with E-state index in [0.717, 1.165) is 0 Å². The highest BCUT2D eigenvalue weighted by atomic mass is 16.6. The van der Waals surface area contributed by atoms with Crippen molar-refractivity contribution in [3.63, 3.8) is 0 Å². The van der Waals surface area contributed by atoms with Crippen LogP contribution >= 0.6 is 0 Å². The van der Waals surface area contributed by atoms with Crippen LogP contribution in [0.1, 0.15) is 13.2 Å². The van der Waals surface area contributed by atoms with Crippen LogP contribution < -0.4 is 4.74 Å². The lowest BCUT2D eigenvalue weighted by molar-refractivity contribution is -0.0574. The number of rotatable bonds is 4. The van der Waals surface area contributed by atoms with Crippen molar-refractivity contribution in [3.05, 3.63) is 6.33 Å². The molecule has 1 saturated heterocycles. The molecule has 2 aromatic heterocycles. The molecular formula is C11H15N5O5. The Bertz CT molecular complexity index is 634. The minimum absolute atomic E-state index is 0.278. The highest BCUT2D eigenvalue weighted by Gasteiger charge is 2.44. The Balaban J connectivity index is 2.00. The van der Waals surface area contributed by atoms with E-state index in [1.165, 1.54) is 11.0 Å². The number of hydrogen-bond donors (Lipinski definition) is 3. The average molecular weight is 297 g/mol. The van der Waals surface area contributed by atoms with E-state index < -0.39 is 31.1 Å². The summed E-state index contributed by atoms with van der Waals surface area (Å²) in [4.78, 5) is 8.01. The molecule has 21 heavy (non-hydrogen) atoms. The quantitative estimate of drug-likeness (QED) is 0.599. The first-order valence-corrected chi connectivity index (χ1v) is 6.48. The predicted octanol–water partition coefficient (Wildman–Crippen LogP) is -1.77. The lowest BCUT2D eigenvalue weighted by Gasteiger charge is -2.14. The summed E-state index contributed by atoms with van der Waals surface area (Å²) in [6.45, 7) is 1.80. The van der Waals surface area contributed by atoms with E-state index in [-0.39, 0.29) is 5.88 Å². The number of ether oxygens (including phenoxy) is 2. The van der Waals surface area contributed by atoms with Gasteiger partial charge in [-0.3, -0.25) is 0 Å². The van der Waals surface area contributed by atoms with Crippen LogP contribution in [0.15, 0.2) is 6.33 Å². The van der Waals surface area contributed by atoms with Crippen molar-refractivity contribution >= 4 is 11.2 Å². The number of aliphatic hydroxyl groups excluding tert-OH is 3. The van der Waals surface area contributed by atoms with Gasteiger partial charge >= 0.3 is 0 Å². The SMILES string of the molecule is CCOc1ncnc2c1nnn2C1OC(CO)C(O)C1O. The van der Waals surface area contributed by atoms with Crippen LogP contribution in [0.5, 0.6) is 5.88 Å². The van der Waals surface area contributed by atoms with Gasteiger partial charge in [0, 0.05) is 0 Å². The standard InChI is InChI=1S/C11H15N5O5/c1-2-20-10-6-9(12-4-13-10)16(15-14-6)11-8(19)7(18)5(3-17)21-11/h4-5,7-8,11,17-19H,2-3H2,1H3. The first-order chi connectivity index (χ1) is 10.2. The van der Waals surface area contributed by atoms with E-state index in [9.17, 15) is 10.2 Å². The molecule has 1 aliphatic rings. The first-order valence-electron chi connectivity index (χ1n) is 6.48. The van der Waals surface area contributed by atoms with Crippen LogP contribution in [-0.4, -0.2) is 71.8 Å². The van der Waals surface area contributed by atoms with Crippen molar-refractivity contribution in [2.75, 3.05) is 13.2 Å². The summed E-state index contributed by atoms with van der Waals surface area (Å²) in [6.07, 6.45) is -3.07. The number of nitrogens with zero attached hydrogens (tertiary/aromatic N) is 5. The van der Waals surface area contributed by atoms with Gasteiger partial charge in [0.2, 0.25) is 5.88 Å². The van der Waals surface area contributed by atoms with Crippen molar-refractivity contribution in [1.82, 2.24) is 25.0 Å². The molecule has 114 valence electrons. The zero-order valence-corrected chi connectivity index (χ0v) is 11.2. The lowest BCUT2D eigenvalue weighted by atomic mass is 10.1. The zero-order chi connectivity index (χ0) is 15.0. The maximum Gasteiger partial charge on any atom is 0.247 e. The Labute approximate surface area is 119 Å². The highest BCUT2D eigenvalue weighted by Crippen LogP contribution is 2.31. The third-order valence-corrected chi connectivity index (χ3v) is 3.27. The molecule has 0 radical (unpaired) electrons. The maximum absolute atomic E-state index is 10.0. The summed E-state index contributed by atoms with van der Waals surface area (Å²) >= 11 is 0. The topological polar surface area (TPSA) is 136 Å². The molecule has 10 nitrogen and oxygen atoms in total. The zero-order valence-electron chi connectivity index (χ0n) is 11.2. The van der Waals surface area contributed by atoms with Crippen molar-refractivity contribution in [2.24, 2.45) is 0 Å².